The van der Waals surface area contributed by atoms with Crippen LogP contribution in [0.15, 0.2) is 48.5 Å². The van der Waals surface area contributed by atoms with Crippen molar-refractivity contribution in [3.63, 3.8) is 0 Å². The Morgan fingerprint density at radius 3 is 2.62 bits per heavy atom. The average molecular weight is 284 g/mol. The molecule has 21 heavy (non-hydrogen) atoms. The Bertz CT molecular complexity index is 622. The first-order valence-corrected chi connectivity index (χ1v) is 6.82. The van der Waals surface area contributed by atoms with Gasteiger partial charge in [0.05, 0.1) is 11.6 Å². The monoisotopic (exact) mass is 284 g/mol. The molecule has 0 aromatic heterocycles. The SMILES string of the molecule is N#Cc1cc(F)ccc1CNC(CCO)c1ccccc1. The van der Waals surface area contributed by atoms with E-state index in [0.717, 1.165) is 11.1 Å². The van der Waals surface area contributed by atoms with Crippen LogP contribution >= 0.6 is 0 Å². The number of hydrogen-bond acceptors (Lipinski definition) is 3. The van der Waals surface area contributed by atoms with Crippen LogP contribution in [0.4, 0.5) is 4.39 Å². The summed E-state index contributed by atoms with van der Waals surface area (Å²) in [4.78, 5) is 0. The molecule has 0 saturated carbocycles. The van der Waals surface area contributed by atoms with E-state index < -0.39 is 5.82 Å². The van der Waals surface area contributed by atoms with Gasteiger partial charge in [-0.3, -0.25) is 0 Å². The normalized spacial score (nSPS) is 11.9. The molecule has 0 aliphatic carbocycles. The zero-order valence-electron chi connectivity index (χ0n) is 11.6. The molecule has 0 aliphatic rings. The van der Waals surface area contributed by atoms with E-state index in [4.69, 9.17) is 5.26 Å². The highest BCUT2D eigenvalue weighted by atomic mass is 19.1. The van der Waals surface area contributed by atoms with Crippen molar-refractivity contribution in [1.29, 1.82) is 5.26 Å². The number of hydrogen-bond donors (Lipinski definition) is 2. The Balaban J connectivity index is 2.11. The molecule has 0 radical (unpaired) electrons. The van der Waals surface area contributed by atoms with Crippen LogP contribution in [0.2, 0.25) is 0 Å². The van der Waals surface area contributed by atoms with Gasteiger partial charge in [0.2, 0.25) is 0 Å². The second-order valence-electron chi connectivity index (χ2n) is 4.77. The summed E-state index contributed by atoms with van der Waals surface area (Å²) in [6, 6.07) is 16.0. The number of aliphatic hydroxyl groups is 1. The Labute approximate surface area is 123 Å². The summed E-state index contributed by atoms with van der Waals surface area (Å²) >= 11 is 0. The van der Waals surface area contributed by atoms with Crippen LogP contribution in [0.25, 0.3) is 0 Å². The van der Waals surface area contributed by atoms with Crippen LogP contribution in [-0.4, -0.2) is 11.7 Å². The van der Waals surface area contributed by atoms with Gasteiger partial charge in [0.15, 0.2) is 0 Å². The van der Waals surface area contributed by atoms with Gasteiger partial charge in [0.25, 0.3) is 0 Å². The van der Waals surface area contributed by atoms with Crippen LogP contribution in [-0.2, 0) is 6.54 Å². The van der Waals surface area contributed by atoms with Crippen molar-refractivity contribution in [2.45, 2.75) is 19.0 Å². The molecule has 2 aromatic carbocycles. The fraction of sp³-hybridized carbons (Fsp3) is 0.235. The second kappa shape index (κ2) is 7.53. The van der Waals surface area contributed by atoms with Gasteiger partial charge in [-0.15, -0.1) is 0 Å². The number of aliphatic hydroxyl groups excluding tert-OH is 1. The Hall–Kier alpha value is -2.22. The van der Waals surface area contributed by atoms with Crippen molar-refractivity contribution >= 4 is 0 Å². The first kappa shape index (κ1) is 15.2. The molecule has 108 valence electrons. The van der Waals surface area contributed by atoms with Crippen LogP contribution in [0, 0.1) is 17.1 Å². The fourth-order valence-corrected chi connectivity index (χ4v) is 2.24. The molecule has 2 aromatic rings. The lowest BCUT2D eigenvalue weighted by Crippen LogP contribution is -2.22. The second-order valence-corrected chi connectivity index (χ2v) is 4.77. The molecule has 2 N–H and O–H groups in total. The van der Waals surface area contributed by atoms with E-state index in [0.29, 0.717) is 18.5 Å². The molecular formula is C17H17FN2O. The lowest BCUT2D eigenvalue weighted by molar-refractivity contribution is 0.265. The third-order valence-electron chi connectivity index (χ3n) is 3.35. The zero-order valence-corrected chi connectivity index (χ0v) is 11.6. The number of rotatable bonds is 6. The third-order valence-corrected chi connectivity index (χ3v) is 3.35. The molecule has 0 fully saturated rings. The number of halogens is 1. The largest absolute Gasteiger partial charge is 0.396 e. The van der Waals surface area contributed by atoms with E-state index in [9.17, 15) is 9.50 Å². The summed E-state index contributed by atoms with van der Waals surface area (Å²) in [7, 11) is 0. The molecule has 2 rings (SSSR count). The highest BCUT2D eigenvalue weighted by Gasteiger charge is 2.11. The molecule has 0 bridgehead atoms. The molecular weight excluding hydrogens is 267 g/mol. The maximum atomic E-state index is 13.1. The van der Waals surface area contributed by atoms with Crippen LogP contribution < -0.4 is 5.32 Å². The Kier molecular flexibility index (Phi) is 5.44. The smallest absolute Gasteiger partial charge is 0.124 e. The standard InChI is InChI=1S/C17H17FN2O/c18-16-7-6-14(15(10-16)11-19)12-20-17(8-9-21)13-4-2-1-3-5-13/h1-7,10,17,20-21H,8-9,12H2. The van der Waals surface area contributed by atoms with E-state index in [-0.39, 0.29) is 12.6 Å². The van der Waals surface area contributed by atoms with E-state index in [2.05, 4.69) is 5.32 Å². The van der Waals surface area contributed by atoms with Gasteiger partial charge in [0, 0.05) is 19.2 Å². The quantitative estimate of drug-likeness (QED) is 0.857. The zero-order chi connectivity index (χ0) is 15.1. The van der Waals surface area contributed by atoms with Crippen LogP contribution in [0.5, 0.6) is 0 Å². The minimum absolute atomic E-state index is 0.00667. The van der Waals surface area contributed by atoms with Crippen LogP contribution in [0.3, 0.4) is 0 Å². The number of nitriles is 1. The van der Waals surface area contributed by atoms with Gasteiger partial charge in [-0.1, -0.05) is 36.4 Å². The maximum Gasteiger partial charge on any atom is 0.124 e. The summed E-state index contributed by atoms with van der Waals surface area (Å²) in [5, 5.41) is 21.5. The van der Waals surface area contributed by atoms with Crippen molar-refractivity contribution in [1.82, 2.24) is 5.32 Å². The molecule has 1 unspecified atom stereocenters. The van der Waals surface area contributed by atoms with E-state index in [1.807, 2.05) is 36.4 Å². The molecule has 0 saturated heterocycles. The van der Waals surface area contributed by atoms with Crippen molar-refractivity contribution in [2.75, 3.05) is 6.61 Å². The lowest BCUT2D eigenvalue weighted by Gasteiger charge is -2.18. The fourth-order valence-electron chi connectivity index (χ4n) is 2.24. The summed E-state index contributed by atoms with van der Waals surface area (Å²) in [6.45, 7) is 0.518. The Morgan fingerprint density at radius 1 is 1.19 bits per heavy atom. The topological polar surface area (TPSA) is 56.0 Å². The van der Waals surface area contributed by atoms with E-state index in [1.165, 1.54) is 12.1 Å². The van der Waals surface area contributed by atoms with Gasteiger partial charge < -0.3 is 10.4 Å². The minimum Gasteiger partial charge on any atom is -0.396 e. The van der Waals surface area contributed by atoms with Gasteiger partial charge in [-0.05, 0) is 29.7 Å². The number of benzene rings is 2. The summed E-state index contributed by atoms with van der Waals surface area (Å²) in [5.74, 6) is -0.412. The molecule has 0 spiro atoms. The van der Waals surface area contributed by atoms with Crippen molar-refractivity contribution in [3.8, 4) is 6.07 Å². The number of nitrogens with one attached hydrogen (secondary N) is 1. The minimum atomic E-state index is -0.412. The third kappa shape index (κ3) is 4.12. The molecule has 3 nitrogen and oxygen atoms in total. The lowest BCUT2D eigenvalue weighted by atomic mass is 10.0. The van der Waals surface area contributed by atoms with Gasteiger partial charge in [-0.25, -0.2) is 4.39 Å². The Morgan fingerprint density at radius 2 is 1.95 bits per heavy atom. The van der Waals surface area contributed by atoms with Gasteiger partial charge in [-0.2, -0.15) is 5.26 Å². The summed E-state index contributed by atoms with van der Waals surface area (Å²) < 4.78 is 13.1. The first-order chi connectivity index (χ1) is 10.2. The highest BCUT2D eigenvalue weighted by Crippen LogP contribution is 2.18. The van der Waals surface area contributed by atoms with Crippen molar-refractivity contribution in [2.24, 2.45) is 0 Å². The van der Waals surface area contributed by atoms with Crippen molar-refractivity contribution < 1.29 is 9.50 Å². The summed E-state index contributed by atoms with van der Waals surface area (Å²) in [5.41, 5.74) is 2.16. The summed E-state index contributed by atoms with van der Waals surface area (Å²) in [6.07, 6.45) is 0.576. The molecule has 4 heteroatoms. The number of nitrogens with zero attached hydrogens (tertiary/aromatic N) is 1. The molecule has 0 heterocycles. The molecule has 0 amide bonds. The molecule has 1 atom stereocenters. The predicted octanol–water partition coefficient (Wildman–Crippen LogP) is 2.91. The maximum absolute atomic E-state index is 13.1. The first-order valence-electron chi connectivity index (χ1n) is 6.82. The molecule has 0 aliphatic heterocycles. The van der Waals surface area contributed by atoms with Gasteiger partial charge in [0.1, 0.15) is 5.82 Å². The predicted molar refractivity (Wildman–Crippen MR) is 78.8 cm³/mol. The highest BCUT2D eigenvalue weighted by molar-refractivity contribution is 5.38. The van der Waals surface area contributed by atoms with Gasteiger partial charge >= 0.3 is 0 Å². The average Bonchev–Trinajstić information content (AvgIpc) is 2.53. The van der Waals surface area contributed by atoms with Crippen LogP contribution in [0.1, 0.15) is 29.2 Å². The van der Waals surface area contributed by atoms with E-state index in [1.54, 1.807) is 6.07 Å². The van der Waals surface area contributed by atoms with Crippen molar-refractivity contribution in [3.05, 3.63) is 71.0 Å². The van der Waals surface area contributed by atoms with E-state index >= 15 is 0 Å².